The van der Waals surface area contributed by atoms with Gasteiger partial charge in [-0.05, 0) is 0 Å². The van der Waals surface area contributed by atoms with Crippen molar-refractivity contribution < 1.29 is 0 Å². The van der Waals surface area contributed by atoms with Crippen LogP contribution in [0.1, 0.15) is 0 Å². The fourth-order valence-corrected chi connectivity index (χ4v) is 0.363. The first kappa shape index (κ1) is 10.8. The fraction of sp³-hybridized carbons (Fsp3) is 0.167. The van der Waals surface area contributed by atoms with Gasteiger partial charge in [-0.1, -0.05) is 6.08 Å². The van der Waals surface area contributed by atoms with Crippen molar-refractivity contribution in [3.63, 3.8) is 0 Å². The lowest BCUT2D eigenvalue weighted by Gasteiger charge is -1.96. The molecule has 0 aromatic carbocycles. The zero-order valence-electron chi connectivity index (χ0n) is 6.94. The van der Waals surface area contributed by atoms with Crippen molar-refractivity contribution in [1.29, 1.82) is 5.26 Å². The van der Waals surface area contributed by atoms with Crippen molar-refractivity contribution >= 4 is 12.3 Å². The van der Waals surface area contributed by atoms with E-state index in [4.69, 9.17) is 11.0 Å². The summed E-state index contributed by atoms with van der Waals surface area (Å²) >= 11 is 0. The number of nitriles is 1. The molecule has 0 saturated heterocycles. The summed E-state index contributed by atoms with van der Waals surface area (Å²) in [6, 6.07) is 0. The smallest absolute Gasteiger partial charge is 0.248 e. The second-order valence-electron chi connectivity index (χ2n) is 1.72. The van der Waals surface area contributed by atoms with Gasteiger partial charge in [-0.2, -0.15) is 10.4 Å². The molecule has 69 valence electrons. The number of hydrogen-bond donors (Lipinski definition) is 3. The molecule has 1 radical (unpaired) electrons. The Kier molecular flexibility index (Phi) is 6.52. The minimum absolute atomic E-state index is 0.155. The van der Waals surface area contributed by atoms with E-state index in [1.54, 1.807) is 6.08 Å². The number of aliphatic imine (C=N–C) groups is 1. The molecule has 7 heteroatoms. The highest BCUT2D eigenvalue weighted by Gasteiger charge is 1.87. The van der Waals surface area contributed by atoms with Gasteiger partial charge in [-0.25, -0.2) is 0 Å². The molecular formula is C6H10N7. The highest BCUT2D eigenvalue weighted by Crippen LogP contribution is 1.60. The zero-order valence-corrected chi connectivity index (χ0v) is 6.94. The van der Waals surface area contributed by atoms with Crippen LogP contribution in [0.2, 0.25) is 0 Å². The summed E-state index contributed by atoms with van der Waals surface area (Å²) in [5.74, 6) is -0.155. The first-order valence-electron chi connectivity index (χ1n) is 3.35. The summed E-state index contributed by atoms with van der Waals surface area (Å²) in [6.07, 6.45) is 4.40. The first-order valence-corrected chi connectivity index (χ1v) is 3.35. The van der Waals surface area contributed by atoms with Gasteiger partial charge >= 0.3 is 0 Å². The van der Waals surface area contributed by atoms with E-state index < -0.39 is 0 Å². The molecule has 0 aromatic heterocycles. The number of hydrogen-bond acceptors (Lipinski definition) is 4. The van der Waals surface area contributed by atoms with Crippen LogP contribution in [-0.4, -0.2) is 18.8 Å². The van der Waals surface area contributed by atoms with E-state index in [0.29, 0.717) is 6.54 Å². The second-order valence-corrected chi connectivity index (χ2v) is 1.72. The fourth-order valence-electron chi connectivity index (χ4n) is 0.363. The van der Waals surface area contributed by atoms with Crippen molar-refractivity contribution in [1.82, 2.24) is 16.3 Å². The summed E-state index contributed by atoms with van der Waals surface area (Å²) in [7, 11) is 0. The molecule has 0 heterocycles. The van der Waals surface area contributed by atoms with Crippen LogP contribution in [0.15, 0.2) is 22.7 Å². The number of rotatable bonds is 5. The van der Waals surface area contributed by atoms with Crippen LogP contribution in [-0.2, 0) is 0 Å². The standard InChI is InChI=1S/C6H10N7/c1-2-3-10-11-5-12-13-6(8)9-4-7/h2,5,10H,1,3H2,(H2,8,9)(H,11,12). The molecule has 0 unspecified atom stereocenters. The minimum Gasteiger partial charge on any atom is -0.366 e. The van der Waals surface area contributed by atoms with Gasteiger partial charge in [0.2, 0.25) is 12.2 Å². The van der Waals surface area contributed by atoms with Gasteiger partial charge in [0.25, 0.3) is 0 Å². The molecular weight excluding hydrogens is 170 g/mol. The third-order valence-corrected chi connectivity index (χ3v) is 0.793. The van der Waals surface area contributed by atoms with E-state index in [0.717, 1.165) is 0 Å². The SMILES string of the molecule is C=CCNN=CN[N]C(N)=NC#N. The highest BCUT2D eigenvalue weighted by molar-refractivity contribution is 5.79. The monoisotopic (exact) mass is 180 g/mol. The molecule has 0 rings (SSSR count). The Morgan fingerprint density at radius 1 is 1.69 bits per heavy atom. The minimum atomic E-state index is -0.155. The maximum absolute atomic E-state index is 8.05. The van der Waals surface area contributed by atoms with Crippen LogP contribution >= 0.6 is 0 Å². The van der Waals surface area contributed by atoms with Gasteiger partial charge in [-0.3, -0.25) is 5.43 Å². The molecule has 0 spiro atoms. The average molecular weight is 180 g/mol. The lowest BCUT2D eigenvalue weighted by molar-refractivity contribution is 0.793. The summed E-state index contributed by atoms with van der Waals surface area (Å²) in [5.41, 5.74) is 13.6. The maximum atomic E-state index is 8.05. The van der Waals surface area contributed by atoms with Crippen molar-refractivity contribution in [3.05, 3.63) is 12.7 Å². The van der Waals surface area contributed by atoms with E-state index in [-0.39, 0.29) is 5.96 Å². The van der Waals surface area contributed by atoms with Gasteiger partial charge in [0.15, 0.2) is 0 Å². The van der Waals surface area contributed by atoms with Crippen molar-refractivity contribution in [2.24, 2.45) is 15.8 Å². The van der Waals surface area contributed by atoms with Gasteiger partial charge in [0.1, 0.15) is 6.34 Å². The Morgan fingerprint density at radius 2 is 2.46 bits per heavy atom. The number of nitrogens with one attached hydrogen (secondary N) is 2. The van der Waals surface area contributed by atoms with Crippen LogP contribution in [0.5, 0.6) is 0 Å². The maximum Gasteiger partial charge on any atom is 0.248 e. The summed E-state index contributed by atoms with van der Waals surface area (Å²) in [6.45, 7) is 4.03. The van der Waals surface area contributed by atoms with Gasteiger partial charge in [-0.15, -0.1) is 17.0 Å². The molecule has 13 heavy (non-hydrogen) atoms. The molecule has 0 aliphatic heterocycles. The normalized spacial score (nSPS) is 10.5. The number of guanidine groups is 1. The second kappa shape index (κ2) is 7.87. The summed E-state index contributed by atoms with van der Waals surface area (Å²) in [5, 5.41) is 11.7. The number of nitrogens with zero attached hydrogens (tertiary/aromatic N) is 4. The number of nitrogens with two attached hydrogens (primary N) is 1. The predicted molar refractivity (Wildman–Crippen MR) is 49.2 cm³/mol. The van der Waals surface area contributed by atoms with Crippen molar-refractivity contribution in [2.45, 2.75) is 0 Å². The molecule has 0 bridgehead atoms. The molecule has 0 saturated carbocycles. The Bertz CT molecular complexity index is 236. The van der Waals surface area contributed by atoms with Crippen LogP contribution in [0.25, 0.3) is 0 Å². The zero-order chi connectivity index (χ0) is 9.94. The van der Waals surface area contributed by atoms with E-state index in [9.17, 15) is 0 Å². The lowest BCUT2D eigenvalue weighted by Crippen LogP contribution is -2.35. The van der Waals surface area contributed by atoms with Gasteiger partial charge in [0.05, 0.1) is 6.54 Å². The van der Waals surface area contributed by atoms with E-state index in [1.165, 1.54) is 12.5 Å². The van der Waals surface area contributed by atoms with Crippen molar-refractivity contribution in [2.75, 3.05) is 6.54 Å². The predicted octanol–water partition coefficient (Wildman–Crippen LogP) is -1.39. The Hall–Kier alpha value is -2.23. The Balaban J connectivity index is 3.45. The average Bonchev–Trinajstić information content (AvgIpc) is 2.11. The van der Waals surface area contributed by atoms with Crippen LogP contribution in [0, 0.1) is 11.5 Å². The molecule has 7 nitrogen and oxygen atoms in total. The molecule has 4 N–H and O–H groups in total. The third-order valence-electron chi connectivity index (χ3n) is 0.793. The number of hydrazone groups is 1. The lowest BCUT2D eigenvalue weighted by atomic mass is 10.7. The quantitative estimate of drug-likeness (QED) is 0.121. The van der Waals surface area contributed by atoms with Crippen molar-refractivity contribution in [3.8, 4) is 6.19 Å². The van der Waals surface area contributed by atoms with Gasteiger partial charge < -0.3 is 11.2 Å². The molecule has 0 amide bonds. The van der Waals surface area contributed by atoms with E-state index in [1.807, 2.05) is 0 Å². The molecule has 0 aliphatic carbocycles. The molecule has 0 fully saturated rings. The molecule has 0 atom stereocenters. The van der Waals surface area contributed by atoms with Crippen LogP contribution in [0.4, 0.5) is 0 Å². The molecule has 0 aliphatic rings. The Labute approximate surface area is 76.0 Å². The van der Waals surface area contributed by atoms with E-state index in [2.05, 4.69) is 33.0 Å². The highest BCUT2D eigenvalue weighted by atomic mass is 15.4. The molecule has 0 aromatic rings. The van der Waals surface area contributed by atoms with Crippen LogP contribution < -0.4 is 22.0 Å². The third kappa shape index (κ3) is 7.67. The summed E-state index contributed by atoms with van der Waals surface area (Å²) in [4.78, 5) is 3.13. The van der Waals surface area contributed by atoms with Crippen LogP contribution in [0.3, 0.4) is 0 Å². The largest absolute Gasteiger partial charge is 0.366 e. The topological polar surface area (TPSA) is 113 Å². The van der Waals surface area contributed by atoms with E-state index >= 15 is 0 Å². The first-order chi connectivity index (χ1) is 6.31. The van der Waals surface area contributed by atoms with Gasteiger partial charge in [0, 0.05) is 0 Å². The Morgan fingerprint density at radius 3 is 3.08 bits per heavy atom. The summed E-state index contributed by atoms with van der Waals surface area (Å²) < 4.78 is 0.